The summed E-state index contributed by atoms with van der Waals surface area (Å²) in [6.45, 7) is 14.5. The summed E-state index contributed by atoms with van der Waals surface area (Å²) in [4.78, 5) is 4.91. The molecule has 12 rings (SSSR count). The fourth-order valence-electron chi connectivity index (χ4n) is 9.24. The molecule has 0 saturated carbocycles. The van der Waals surface area contributed by atoms with Gasteiger partial charge in [-0.2, -0.15) is 0 Å². The molecule has 0 unspecified atom stereocenters. The average molecular weight is 801 g/mol. The zero-order valence-corrected chi connectivity index (χ0v) is 36.5. The summed E-state index contributed by atoms with van der Waals surface area (Å²) in [6.07, 6.45) is 0. The number of benzene rings is 8. The van der Waals surface area contributed by atoms with Crippen LogP contribution in [-0.4, -0.2) is 16.1 Å². The minimum Gasteiger partial charge on any atom is -0.456 e. The average Bonchev–Trinajstić information content (AvgIpc) is 3.80. The van der Waals surface area contributed by atoms with Gasteiger partial charge in [-0.05, 0) is 108 Å². The third-order valence-corrected chi connectivity index (χ3v) is 19.4. The summed E-state index contributed by atoms with van der Waals surface area (Å²) in [5.41, 5.74) is 9.97. The maximum absolute atomic E-state index is 6.63. The fraction of sp³-hybridized carbons (Fsp3) is 0.115. The molecule has 282 valence electrons. The normalized spacial score (nSPS) is 14.1. The molecule has 8 aromatic carbocycles. The first-order valence-corrected chi connectivity index (χ1v) is 27.6. The van der Waals surface area contributed by atoms with Crippen molar-refractivity contribution in [1.29, 1.82) is 0 Å². The highest BCUT2D eigenvalue weighted by atomic mass is 32.1. The van der Waals surface area contributed by atoms with Gasteiger partial charge in [-0.15, -0.1) is 11.3 Å². The minimum absolute atomic E-state index is 0.903. The van der Waals surface area contributed by atoms with Gasteiger partial charge in [0.1, 0.15) is 19.2 Å². The van der Waals surface area contributed by atoms with Crippen molar-refractivity contribution in [3.8, 4) is 0 Å². The Kier molecular flexibility index (Phi) is 7.77. The van der Waals surface area contributed by atoms with Crippen LogP contribution in [0.3, 0.4) is 0 Å². The second-order valence-corrected chi connectivity index (χ2v) is 28.1. The van der Waals surface area contributed by atoms with E-state index in [1.165, 1.54) is 63.1 Å². The summed E-state index contributed by atoms with van der Waals surface area (Å²) in [6, 6.07) is 59.6. The van der Waals surface area contributed by atoms with Gasteiger partial charge in [0.25, 0.3) is 0 Å². The quantitative estimate of drug-likeness (QED) is 0.166. The molecule has 2 aliphatic rings. The van der Waals surface area contributed by atoms with Gasteiger partial charge in [0.15, 0.2) is 0 Å². The summed E-state index contributed by atoms with van der Waals surface area (Å²) in [7, 11) is -3.62. The van der Waals surface area contributed by atoms with Crippen LogP contribution in [0, 0.1) is 6.92 Å². The molecule has 0 aliphatic carbocycles. The Morgan fingerprint density at radius 3 is 1.93 bits per heavy atom. The van der Waals surface area contributed by atoms with Crippen LogP contribution in [0.4, 0.5) is 34.1 Å². The highest BCUT2D eigenvalue weighted by Gasteiger charge is 2.29. The van der Waals surface area contributed by atoms with E-state index in [1.807, 2.05) is 11.3 Å². The Balaban J connectivity index is 1.26. The molecule has 0 saturated heterocycles. The topological polar surface area (TPSA) is 19.6 Å². The Labute approximate surface area is 345 Å². The number of thiophene rings is 1. The number of rotatable bonds is 3. The number of hydrogen-bond acceptors (Lipinski definition) is 4. The van der Waals surface area contributed by atoms with Crippen molar-refractivity contribution in [2.24, 2.45) is 0 Å². The third kappa shape index (κ3) is 5.43. The number of aryl methyl sites for hydroxylation is 1. The van der Waals surface area contributed by atoms with E-state index in [9.17, 15) is 0 Å². The predicted octanol–water partition coefficient (Wildman–Crippen LogP) is 14.0. The molecule has 4 heterocycles. The molecule has 0 amide bonds. The highest BCUT2D eigenvalue weighted by molar-refractivity contribution is 7.26. The van der Waals surface area contributed by atoms with E-state index in [0.29, 0.717) is 0 Å². The Morgan fingerprint density at radius 1 is 0.517 bits per heavy atom. The van der Waals surface area contributed by atoms with Crippen molar-refractivity contribution in [2.75, 3.05) is 9.80 Å². The summed E-state index contributed by atoms with van der Waals surface area (Å²) >= 11 is 1.89. The van der Waals surface area contributed by atoms with Gasteiger partial charge in [0.05, 0.1) is 13.8 Å². The lowest BCUT2D eigenvalue weighted by molar-refractivity contribution is 0.669. The number of furan rings is 1. The van der Waals surface area contributed by atoms with Gasteiger partial charge in [-0.3, -0.25) is 0 Å². The van der Waals surface area contributed by atoms with Crippen LogP contribution in [0.15, 0.2) is 162 Å². The lowest BCUT2D eigenvalue weighted by atomic mass is 10.0. The first-order chi connectivity index (χ1) is 28.0. The molecule has 0 radical (unpaired) electrons. The van der Waals surface area contributed by atoms with Crippen LogP contribution in [0.5, 0.6) is 0 Å². The van der Waals surface area contributed by atoms with Crippen LogP contribution in [-0.2, 0) is 0 Å². The molecule has 8 bridgehead atoms. The fourth-order valence-corrected chi connectivity index (χ4v) is 13.9. The van der Waals surface area contributed by atoms with Gasteiger partial charge in [-0.25, -0.2) is 0 Å². The lowest BCUT2D eigenvalue weighted by Crippen LogP contribution is -2.52. The molecule has 0 N–H and O–H groups in total. The molecule has 0 atom stereocenters. The first-order valence-electron chi connectivity index (χ1n) is 20.2. The molecule has 58 heavy (non-hydrogen) atoms. The number of para-hydroxylation sites is 1. The van der Waals surface area contributed by atoms with Gasteiger partial charge in [0, 0.05) is 59.4 Å². The van der Waals surface area contributed by atoms with E-state index in [-0.39, 0.29) is 0 Å². The zero-order valence-electron chi connectivity index (χ0n) is 33.7. The van der Waals surface area contributed by atoms with Crippen LogP contribution < -0.4 is 25.4 Å². The number of hydrogen-bond donors (Lipinski definition) is 0. The molecular weight excluding hydrogens is 757 g/mol. The third-order valence-electron chi connectivity index (χ3n) is 12.5. The predicted molar refractivity (Wildman–Crippen MR) is 258 cm³/mol. The van der Waals surface area contributed by atoms with Gasteiger partial charge < -0.3 is 14.2 Å². The molecular formula is C52H44N2OSSi2. The van der Waals surface area contributed by atoms with E-state index in [4.69, 9.17) is 4.42 Å². The van der Waals surface area contributed by atoms with Gasteiger partial charge in [0.2, 0.25) is 0 Å². The largest absolute Gasteiger partial charge is 0.456 e. The first kappa shape index (κ1) is 35.3. The molecule has 10 aromatic rings. The van der Waals surface area contributed by atoms with Gasteiger partial charge in [-0.1, -0.05) is 121 Å². The van der Waals surface area contributed by atoms with E-state index in [0.717, 1.165) is 45.0 Å². The molecule has 2 aliphatic heterocycles. The van der Waals surface area contributed by atoms with Crippen LogP contribution in [0.25, 0.3) is 52.9 Å². The van der Waals surface area contributed by atoms with E-state index >= 15 is 0 Å². The second kappa shape index (κ2) is 12.8. The molecule has 0 fully saturated rings. The Bertz CT molecular complexity index is 3250. The Hall–Kier alpha value is -5.93. The maximum atomic E-state index is 6.63. The molecule has 6 heteroatoms. The maximum Gasteiger partial charge on any atom is 0.136 e. The van der Waals surface area contributed by atoms with Crippen molar-refractivity contribution in [2.45, 2.75) is 39.7 Å². The van der Waals surface area contributed by atoms with Crippen LogP contribution in [0.1, 0.15) is 5.56 Å². The number of nitrogens with zero attached hydrogens (tertiary/aromatic N) is 2. The smallest absolute Gasteiger partial charge is 0.136 e. The molecule has 2 aromatic heterocycles. The minimum atomic E-state index is -2.13. The monoisotopic (exact) mass is 800 g/mol. The van der Waals surface area contributed by atoms with Crippen LogP contribution >= 0.6 is 11.3 Å². The number of fused-ring (bicyclic) bond motifs is 2. The molecule has 0 spiro atoms. The highest BCUT2D eigenvalue weighted by Crippen LogP contribution is 2.49. The lowest BCUT2D eigenvalue weighted by Gasteiger charge is -2.29. The van der Waals surface area contributed by atoms with E-state index in [2.05, 4.69) is 207 Å². The summed E-state index contributed by atoms with van der Waals surface area (Å²) < 4.78 is 9.22. The van der Waals surface area contributed by atoms with Crippen molar-refractivity contribution in [1.82, 2.24) is 0 Å². The number of anilines is 6. The van der Waals surface area contributed by atoms with Crippen molar-refractivity contribution in [3.63, 3.8) is 0 Å². The zero-order chi connectivity index (χ0) is 39.5. The SMILES string of the molecule is Cc1cc2cc3c1sc1cccc(c13)N(c1ccccc1)c1ccc3oc4ccc5ccc(cc5c4c3c1)[Si](C)(C)c1ccc(cc1)N2c1ccc([Si](C)(C)C)cc1. The van der Waals surface area contributed by atoms with Crippen molar-refractivity contribution in [3.05, 3.63) is 163 Å². The Morgan fingerprint density at radius 2 is 1.17 bits per heavy atom. The van der Waals surface area contributed by atoms with Gasteiger partial charge >= 0.3 is 0 Å². The standard InChI is InChI=1S/C52H44N2OSSi2/c1-33-29-39-31-45-51-46(13-10-14-49(51)56-52(33)45)54(35-11-8-7-9-12-35)38-21-28-47-44(30-38)50-43-32-42(22-15-34(43)16-27-48(50)55-47)58(5,6)41-25-19-37(20-26-41)53(39)36-17-23-40(24-18-36)57(2,3)4/h7-32H,1-6H3. The van der Waals surface area contributed by atoms with Crippen LogP contribution in [0.2, 0.25) is 32.7 Å². The second-order valence-electron chi connectivity index (χ2n) is 17.5. The van der Waals surface area contributed by atoms with E-state index < -0.39 is 16.1 Å². The summed E-state index contributed by atoms with van der Waals surface area (Å²) in [5, 5.41) is 11.6. The summed E-state index contributed by atoms with van der Waals surface area (Å²) in [5.74, 6) is 0. The van der Waals surface area contributed by atoms with Crippen molar-refractivity contribution >= 4 is 130 Å². The van der Waals surface area contributed by atoms with Crippen molar-refractivity contribution < 1.29 is 4.42 Å². The molecule has 3 nitrogen and oxygen atoms in total. The van der Waals surface area contributed by atoms with E-state index in [1.54, 1.807) is 0 Å².